The van der Waals surface area contributed by atoms with Crippen LogP contribution in [0.5, 0.6) is 0 Å². The number of nitrogens with zero attached hydrogens (tertiary/aromatic N) is 2. The quantitative estimate of drug-likeness (QED) is 0.867. The number of rotatable bonds is 5. The fourth-order valence-corrected chi connectivity index (χ4v) is 2.63. The van der Waals surface area contributed by atoms with E-state index < -0.39 is 16.1 Å². The largest absolute Gasteiger partial charge is 0.240 e. The summed E-state index contributed by atoms with van der Waals surface area (Å²) in [7, 11) is -3.60. The lowest BCUT2D eigenvalue weighted by Crippen LogP contribution is -2.32. The molecule has 0 aliphatic rings. The van der Waals surface area contributed by atoms with Crippen molar-refractivity contribution in [1.82, 2.24) is 4.72 Å². The van der Waals surface area contributed by atoms with E-state index in [1.807, 2.05) is 12.1 Å². The highest BCUT2D eigenvalue weighted by Gasteiger charge is 2.16. The second-order valence-electron chi connectivity index (χ2n) is 3.86. The number of nitriles is 2. The Morgan fingerprint density at radius 1 is 1.22 bits per heavy atom. The molecule has 1 N–H and O–H groups in total. The summed E-state index contributed by atoms with van der Waals surface area (Å²) in [6.07, 6.45) is 0.365. The van der Waals surface area contributed by atoms with Crippen LogP contribution in [0.2, 0.25) is 0 Å². The van der Waals surface area contributed by atoms with E-state index in [2.05, 4.69) is 4.72 Å². The number of hydrogen-bond acceptors (Lipinski definition) is 4. The second-order valence-corrected chi connectivity index (χ2v) is 5.58. The number of nitrogens with one attached hydrogen (secondary N) is 1. The summed E-state index contributed by atoms with van der Waals surface area (Å²) in [6.45, 7) is 1.63. The van der Waals surface area contributed by atoms with Crippen LogP contribution >= 0.6 is 0 Å². The molecule has 0 amide bonds. The molecule has 1 atom stereocenters. The minimum Gasteiger partial charge on any atom is -0.207 e. The molecule has 6 heteroatoms. The van der Waals surface area contributed by atoms with Crippen molar-refractivity contribution in [1.29, 1.82) is 10.5 Å². The van der Waals surface area contributed by atoms with Gasteiger partial charge < -0.3 is 0 Å². The Kier molecular flexibility index (Phi) is 4.85. The highest BCUT2D eigenvalue weighted by molar-refractivity contribution is 7.89. The molecule has 0 aromatic heterocycles. The lowest BCUT2D eigenvalue weighted by molar-refractivity contribution is 0.563. The Labute approximate surface area is 107 Å². The highest BCUT2D eigenvalue weighted by Crippen LogP contribution is 2.11. The summed E-state index contributed by atoms with van der Waals surface area (Å²) < 4.78 is 26.2. The van der Waals surface area contributed by atoms with Crippen LogP contribution in [0.1, 0.15) is 18.9 Å². The first-order valence-corrected chi connectivity index (χ1v) is 6.83. The normalized spacial score (nSPS) is 12.4. The maximum Gasteiger partial charge on any atom is 0.240 e. The first-order valence-electron chi connectivity index (χ1n) is 5.35. The van der Waals surface area contributed by atoms with Crippen molar-refractivity contribution in [3.8, 4) is 12.1 Å². The fraction of sp³-hybridized carbons (Fsp3) is 0.333. The first-order chi connectivity index (χ1) is 8.49. The average molecular weight is 263 g/mol. The van der Waals surface area contributed by atoms with Gasteiger partial charge in [-0.1, -0.05) is 12.1 Å². The molecule has 0 bridgehead atoms. The van der Waals surface area contributed by atoms with E-state index in [1.54, 1.807) is 19.1 Å². The number of sulfonamides is 1. The van der Waals surface area contributed by atoms with Gasteiger partial charge in [0.25, 0.3) is 0 Å². The van der Waals surface area contributed by atoms with Gasteiger partial charge >= 0.3 is 0 Å². The molecule has 94 valence electrons. The zero-order valence-electron chi connectivity index (χ0n) is 9.92. The van der Waals surface area contributed by atoms with Crippen LogP contribution < -0.4 is 4.72 Å². The highest BCUT2D eigenvalue weighted by atomic mass is 32.2. The van der Waals surface area contributed by atoms with Crippen LogP contribution in [0.4, 0.5) is 0 Å². The van der Waals surface area contributed by atoms with Crippen LogP contribution in [0.3, 0.4) is 0 Å². The molecular weight excluding hydrogens is 250 g/mol. The summed E-state index contributed by atoms with van der Waals surface area (Å²) >= 11 is 0. The Balaban J connectivity index is 2.86. The van der Waals surface area contributed by atoms with Crippen LogP contribution in [-0.2, 0) is 16.4 Å². The van der Waals surface area contributed by atoms with Gasteiger partial charge in [-0.2, -0.15) is 10.5 Å². The van der Waals surface area contributed by atoms with Crippen molar-refractivity contribution in [2.24, 2.45) is 0 Å². The minimum absolute atomic E-state index is 0.117. The molecule has 1 unspecified atom stereocenters. The molecule has 0 spiro atoms. The molecule has 0 aliphatic carbocycles. The standard InChI is InChI=1S/C12H13N3O2S/c1-10(6-8-13)15-18(16,17)12-4-2-11(3-5-12)7-9-14/h2-5,10,15H,6-7H2,1H3. The minimum atomic E-state index is -3.60. The van der Waals surface area contributed by atoms with Crippen LogP contribution in [0.15, 0.2) is 29.2 Å². The molecule has 0 fully saturated rings. The van der Waals surface area contributed by atoms with E-state index in [1.165, 1.54) is 12.1 Å². The predicted octanol–water partition coefficient (Wildman–Crippen LogP) is 1.33. The molecule has 0 saturated carbocycles. The third-order valence-corrected chi connectivity index (χ3v) is 3.88. The van der Waals surface area contributed by atoms with E-state index in [9.17, 15) is 8.42 Å². The van der Waals surface area contributed by atoms with Gasteiger partial charge in [0.1, 0.15) is 0 Å². The second kappa shape index (κ2) is 6.15. The van der Waals surface area contributed by atoms with Gasteiger partial charge in [0.2, 0.25) is 10.0 Å². The summed E-state index contributed by atoms with van der Waals surface area (Å²) in [4.78, 5) is 0.133. The first kappa shape index (κ1) is 14.2. The van der Waals surface area contributed by atoms with Crippen molar-refractivity contribution < 1.29 is 8.42 Å². The van der Waals surface area contributed by atoms with Gasteiger partial charge in [-0.05, 0) is 24.6 Å². The molecule has 0 heterocycles. The van der Waals surface area contributed by atoms with E-state index >= 15 is 0 Å². The molecule has 1 aromatic carbocycles. The molecule has 0 saturated heterocycles. The zero-order valence-corrected chi connectivity index (χ0v) is 10.7. The van der Waals surface area contributed by atoms with Crippen molar-refractivity contribution >= 4 is 10.0 Å². The van der Waals surface area contributed by atoms with Crippen molar-refractivity contribution in [2.45, 2.75) is 30.7 Å². The maximum atomic E-state index is 11.9. The average Bonchev–Trinajstić information content (AvgIpc) is 2.29. The van der Waals surface area contributed by atoms with Crippen molar-refractivity contribution in [2.75, 3.05) is 0 Å². The predicted molar refractivity (Wildman–Crippen MR) is 65.8 cm³/mol. The van der Waals surface area contributed by atoms with Crippen LogP contribution in [0, 0.1) is 22.7 Å². The molecule has 0 radical (unpaired) electrons. The SMILES string of the molecule is CC(CC#N)NS(=O)(=O)c1ccc(CC#N)cc1. The zero-order chi connectivity index (χ0) is 13.6. The van der Waals surface area contributed by atoms with Gasteiger partial charge in [0.15, 0.2) is 0 Å². The van der Waals surface area contributed by atoms with E-state index in [4.69, 9.17) is 10.5 Å². The molecule has 0 aliphatic heterocycles. The summed E-state index contributed by atoms with van der Waals surface area (Å²) in [5.74, 6) is 0. The fourth-order valence-electron chi connectivity index (χ4n) is 1.39. The summed E-state index contributed by atoms with van der Waals surface area (Å²) in [5.41, 5.74) is 0.765. The van der Waals surface area contributed by atoms with Gasteiger partial charge in [-0.15, -0.1) is 0 Å². The van der Waals surface area contributed by atoms with E-state index in [0.717, 1.165) is 5.56 Å². The third-order valence-electron chi connectivity index (χ3n) is 2.27. The van der Waals surface area contributed by atoms with E-state index in [-0.39, 0.29) is 17.7 Å². The lowest BCUT2D eigenvalue weighted by Gasteiger charge is -2.11. The van der Waals surface area contributed by atoms with Crippen molar-refractivity contribution in [3.63, 3.8) is 0 Å². The Bertz CT molecular complexity index is 579. The molecule has 1 rings (SSSR count). The monoisotopic (exact) mass is 263 g/mol. The van der Waals surface area contributed by atoms with E-state index in [0.29, 0.717) is 0 Å². The Morgan fingerprint density at radius 2 is 1.83 bits per heavy atom. The molecule has 5 nitrogen and oxygen atoms in total. The molecule has 18 heavy (non-hydrogen) atoms. The van der Waals surface area contributed by atoms with Crippen LogP contribution in [0.25, 0.3) is 0 Å². The van der Waals surface area contributed by atoms with Gasteiger partial charge in [-0.25, -0.2) is 13.1 Å². The number of hydrogen-bond donors (Lipinski definition) is 1. The van der Waals surface area contributed by atoms with Gasteiger partial charge in [0, 0.05) is 6.04 Å². The Morgan fingerprint density at radius 3 is 2.33 bits per heavy atom. The topological polar surface area (TPSA) is 93.8 Å². The number of benzene rings is 1. The molecular formula is C12H13N3O2S. The summed E-state index contributed by atoms with van der Waals surface area (Å²) in [6, 6.07) is 9.58. The van der Waals surface area contributed by atoms with Gasteiger partial charge in [0.05, 0.1) is 29.9 Å². The summed E-state index contributed by atoms with van der Waals surface area (Å²) in [5, 5.41) is 17.0. The third kappa shape index (κ3) is 3.85. The smallest absolute Gasteiger partial charge is 0.207 e. The Hall–Kier alpha value is -1.89. The molecule has 1 aromatic rings. The van der Waals surface area contributed by atoms with Gasteiger partial charge in [-0.3, -0.25) is 0 Å². The van der Waals surface area contributed by atoms with Crippen LogP contribution in [-0.4, -0.2) is 14.5 Å². The van der Waals surface area contributed by atoms with Crippen molar-refractivity contribution in [3.05, 3.63) is 29.8 Å². The maximum absolute atomic E-state index is 11.9. The lowest BCUT2D eigenvalue weighted by atomic mass is 10.2.